The lowest BCUT2D eigenvalue weighted by Gasteiger charge is -2.37. The molecule has 0 amide bonds. The van der Waals surface area contributed by atoms with E-state index >= 15 is 0 Å². The molecular weight excluding hydrogens is 528 g/mol. The summed E-state index contributed by atoms with van der Waals surface area (Å²) in [6, 6.07) is 35.2. The van der Waals surface area contributed by atoms with Gasteiger partial charge in [-0.15, -0.1) is 11.8 Å². The lowest BCUT2D eigenvalue weighted by molar-refractivity contribution is -0.0283. The highest BCUT2D eigenvalue weighted by Gasteiger charge is 2.52. The number of thioether (sulfide) groups is 1. The van der Waals surface area contributed by atoms with Crippen LogP contribution in [0.4, 0.5) is 5.69 Å². The van der Waals surface area contributed by atoms with Gasteiger partial charge in [-0.05, 0) is 42.0 Å². The highest BCUT2D eigenvalue weighted by atomic mass is 79.9. The normalized spacial score (nSPS) is 21.2. The van der Waals surface area contributed by atoms with Gasteiger partial charge in [0.05, 0.1) is 5.69 Å². The van der Waals surface area contributed by atoms with Gasteiger partial charge in [0.25, 0.3) is 0 Å². The summed E-state index contributed by atoms with van der Waals surface area (Å²) in [5.41, 5.74) is 3.51. The lowest BCUT2D eigenvalue weighted by Crippen LogP contribution is -2.47. The van der Waals surface area contributed by atoms with Gasteiger partial charge < -0.3 is 4.84 Å². The van der Waals surface area contributed by atoms with Crippen molar-refractivity contribution in [2.24, 2.45) is 5.16 Å². The van der Waals surface area contributed by atoms with Gasteiger partial charge in [0.1, 0.15) is 0 Å². The molecule has 0 N–H and O–H groups in total. The molecule has 3 nitrogen and oxygen atoms in total. The minimum atomic E-state index is -0.800. The summed E-state index contributed by atoms with van der Waals surface area (Å²) in [5, 5.41) is 5.56. The highest BCUT2D eigenvalue weighted by Crippen LogP contribution is 2.56. The number of rotatable bonds is 3. The zero-order valence-electron chi connectivity index (χ0n) is 18.1. The van der Waals surface area contributed by atoms with Crippen molar-refractivity contribution >= 4 is 50.8 Å². The Labute approximate surface area is 216 Å². The first-order valence-electron chi connectivity index (χ1n) is 11.0. The van der Waals surface area contributed by atoms with Crippen molar-refractivity contribution in [3.8, 4) is 0 Å². The predicted octanol–water partition coefficient (Wildman–Crippen LogP) is 8.39. The largest absolute Gasteiger partial charge is 0.360 e. The summed E-state index contributed by atoms with van der Waals surface area (Å²) in [7, 11) is 0. The minimum Gasteiger partial charge on any atom is -0.360 e. The molecule has 0 saturated heterocycles. The number of oxime groups is 1. The van der Waals surface area contributed by atoms with Gasteiger partial charge in [0.15, 0.2) is 5.84 Å². The van der Waals surface area contributed by atoms with Crippen LogP contribution in [0.25, 0.3) is 0 Å². The summed E-state index contributed by atoms with van der Waals surface area (Å²) in [6.07, 6.45) is 0.692. The molecule has 0 radical (unpaired) electrons. The molecule has 34 heavy (non-hydrogen) atoms. The van der Waals surface area contributed by atoms with E-state index in [-0.39, 0.29) is 5.25 Å². The first kappa shape index (κ1) is 21.8. The maximum atomic E-state index is 6.51. The highest BCUT2D eigenvalue weighted by molar-refractivity contribution is 9.10. The van der Waals surface area contributed by atoms with Crippen LogP contribution < -0.4 is 4.90 Å². The monoisotopic (exact) mass is 546 g/mol. The fraction of sp³-hybridized carbons (Fsp3) is 0.107. The summed E-state index contributed by atoms with van der Waals surface area (Å²) < 4.78 is 0.999. The summed E-state index contributed by atoms with van der Waals surface area (Å²) in [4.78, 5) is 9.96. The molecule has 0 bridgehead atoms. The Kier molecular flexibility index (Phi) is 5.64. The number of halogens is 2. The third kappa shape index (κ3) is 3.72. The van der Waals surface area contributed by atoms with Gasteiger partial charge >= 0.3 is 0 Å². The van der Waals surface area contributed by atoms with Gasteiger partial charge in [-0.1, -0.05) is 99.4 Å². The smallest absolute Gasteiger partial charge is 0.242 e. The fourth-order valence-corrected chi connectivity index (χ4v) is 6.63. The van der Waals surface area contributed by atoms with E-state index in [0.717, 1.165) is 32.1 Å². The number of amidine groups is 1. The van der Waals surface area contributed by atoms with Crippen molar-refractivity contribution in [3.05, 3.63) is 129 Å². The molecular formula is C28H20BrClN2OS. The van der Waals surface area contributed by atoms with Crippen LogP contribution in [0.5, 0.6) is 0 Å². The van der Waals surface area contributed by atoms with E-state index in [1.54, 1.807) is 0 Å². The number of hydrogen-bond acceptors (Lipinski definition) is 4. The average Bonchev–Trinajstić information content (AvgIpc) is 3.17. The Hall–Kier alpha value is -2.73. The molecule has 2 aliphatic rings. The number of anilines is 1. The predicted molar refractivity (Wildman–Crippen MR) is 143 cm³/mol. The van der Waals surface area contributed by atoms with Crippen molar-refractivity contribution in [2.75, 3.05) is 4.90 Å². The van der Waals surface area contributed by atoms with Crippen LogP contribution in [-0.4, -0.2) is 5.84 Å². The van der Waals surface area contributed by atoms with Crippen LogP contribution in [0.2, 0.25) is 5.02 Å². The molecule has 0 aromatic heterocycles. The van der Waals surface area contributed by atoms with E-state index in [1.807, 2.05) is 42.1 Å². The zero-order chi connectivity index (χ0) is 23.1. The van der Waals surface area contributed by atoms with E-state index in [0.29, 0.717) is 6.42 Å². The fourth-order valence-electron chi connectivity index (χ4n) is 4.70. The van der Waals surface area contributed by atoms with E-state index < -0.39 is 5.72 Å². The summed E-state index contributed by atoms with van der Waals surface area (Å²) in [5.74, 6) is 0.796. The van der Waals surface area contributed by atoms with E-state index in [1.165, 1.54) is 10.5 Å². The molecule has 0 fully saturated rings. The molecule has 0 saturated carbocycles. The van der Waals surface area contributed by atoms with Crippen molar-refractivity contribution in [2.45, 2.75) is 22.3 Å². The van der Waals surface area contributed by atoms with E-state index in [9.17, 15) is 0 Å². The topological polar surface area (TPSA) is 24.8 Å². The van der Waals surface area contributed by atoms with Crippen LogP contribution in [0.3, 0.4) is 0 Å². The third-order valence-electron chi connectivity index (χ3n) is 6.22. The quantitative estimate of drug-likeness (QED) is 0.257. The maximum Gasteiger partial charge on any atom is 0.242 e. The standard InChI is InChI=1S/C28H20BrClN2OS/c29-22-12-6-9-20(16-22)27-31-33-28(21-10-2-1-3-11-21)18-26(19-8-7-13-23(30)17-19)34-25-15-5-4-14-24(25)32(27)28/h1-17,26H,18H2/t26-,28+/m0/s1. The molecule has 2 atom stereocenters. The van der Waals surface area contributed by atoms with Crippen LogP contribution in [0.1, 0.15) is 28.4 Å². The van der Waals surface area contributed by atoms with E-state index in [2.05, 4.69) is 93.6 Å². The van der Waals surface area contributed by atoms with Crippen LogP contribution >= 0.6 is 39.3 Å². The molecule has 0 spiro atoms. The Bertz CT molecular complexity index is 1400. The number of benzene rings is 4. The van der Waals surface area contributed by atoms with Crippen LogP contribution in [0.15, 0.2) is 118 Å². The Morgan fingerprint density at radius 3 is 2.53 bits per heavy atom. The molecule has 2 aliphatic heterocycles. The SMILES string of the molecule is Clc1cccc([C@@H]2C[C@]3(c4ccccc4)ON=C(c4cccc(Br)c4)N3c3ccccc3S2)c1. The Morgan fingerprint density at radius 1 is 0.912 bits per heavy atom. The molecule has 6 rings (SSSR count). The van der Waals surface area contributed by atoms with Gasteiger partial charge in [-0.25, -0.2) is 0 Å². The lowest BCUT2D eigenvalue weighted by atomic mass is 9.92. The van der Waals surface area contributed by atoms with Gasteiger partial charge in [-0.2, -0.15) is 0 Å². The molecule has 6 heteroatoms. The van der Waals surface area contributed by atoms with Crippen molar-refractivity contribution < 1.29 is 4.84 Å². The first-order chi connectivity index (χ1) is 16.6. The Morgan fingerprint density at radius 2 is 1.71 bits per heavy atom. The summed E-state index contributed by atoms with van der Waals surface area (Å²) in [6.45, 7) is 0. The van der Waals surface area contributed by atoms with Gasteiger partial charge in [-0.3, -0.25) is 4.90 Å². The zero-order valence-corrected chi connectivity index (χ0v) is 21.2. The maximum absolute atomic E-state index is 6.51. The minimum absolute atomic E-state index is 0.113. The number of hydrogen-bond donors (Lipinski definition) is 0. The number of para-hydroxylation sites is 1. The second-order valence-electron chi connectivity index (χ2n) is 8.34. The molecule has 4 aromatic carbocycles. The average molecular weight is 548 g/mol. The summed E-state index contributed by atoms with van der Waals surface area (Å²) >= 11 is 11.9. The molecule has 0 aliphatic carbocycles. The van der Waals surface area contributed by atoms with Crippen LogP contribution in [0, 0.1) is 0 Å². The van der Waals surface area contributed by atoms with Gasteiger partial charge in [0, 0.05) is 37.2 Å². The second-order valence-corrected chi connectivity index (χ2v) is 10.9. The number of fused-ring (bicyclic) bond motifs is 3. The number of nitrogens with zero attached hydrogens (tertiary/aromatic N) is 2. The first-order valence-corrected chi connectivity index (χ1v) is 13.1. The third-order valence-corrected chi connectivity index (χ3v) is 8.27. The van der Waals surface area contributed by atoms with E-state index in [4.69, 9.17) is 21.6 Å². The molecule has 0 unspecified atom stereocenters. The van der Waals surface area contributed by atoms with Crippen molar-refractivity contribution in [3.63, 3.8) is 0 Å². The van der Waals surface area contributed by atoms with Crippen LogP contribution in [-0.2, 0) is 10.6 Å². The van der Waals surface area contributed by atoms with Crippen molar-refractivity contribution in [1.82, 2.24) is 0 Å². The van der Waals surface area contributed by atoms with Gasteiger partial charge in [0.2, 0.25) is 5.72 Å². The molecule has 168 valence electrons. The second kappa shape index (κ2) is 8.81. The Balaban J connectivity index is 1.58. The molecule has 4 aromatic rings. The van der Waals surface area contributed by atoms with Crippen molar-refractivity contribution in [1.29, 1.82) is 0 Å². The molecule has 2 heterocycles.